The van der Waals surface area contributed by atoms with Gasteiger partial charge in [-0.2, -0.15) is 0 Å². The summed E-state index contributed by atoms with van der Waals surface area (Å²) < 4.78 is 0. The number of amides is 2. The number of hydrogen-bond donors (Lipinski definition) is 2. The van der Waals surface area contributed by atoms with E-state index in [-0.39, 0.29) is 24.2 Å². The lowest BCUT2D eigenvalue weighted by atomic mass is 10.1. The third kappa shape index (κ3) is 5.68. The first-order valence-corrected chi connectivity index (χ1v) is 6.17. The van der Waals surface area contributed by atoms with Gasteiger partial charge in [-0.3, -0.25) is 20.4 Å². The van der Waals surface area contributed by atoms with Crippen molar-refractivity contribution < 1.29 is 9.59 Å². The molecule has 0 atom stereocenters. The monoisotopic (exact) mass is 268 g/mol. The Hall–Kier alpha value is -1.55. The molecule has 0 aliphatic carbocycles. The van der Waals surface area contributed by atoms with Crippen LogP contribution in [0.15, 0.2) is 24.3 Å². The summed E-state index contributed by atoms with van der Waals surface area (Å²) in [6.07, 6.45) is 0.598. The van der Waals surface area contributed by atoms with Crippen molar-refractivity contribution in [1.82, 2.24) is 10.9 Å². The lowest BCUT2D eigenvalue weighted by Crippen LogP contribution is -2.42. The van der Waals surface area contributed by atoms with E-state index in [9.17, 15) is 9.59 Å². The van der Waals surface area contributed by atoms with E-state index in [0.29, 0.717) is 11.4 Å². The Kier molecular flexibility index (Phi) is 5.65. The normalized spacial score (nSPS) is 10.2. The molecule has 5 heteroatoms. The van der Waals surface area contributed by atoms with Crippen LogP contribution in [0.2, 0.25) is 5.02 Å². The minimum absolute atomic E-state index is 0.186. The summed E-state index contributed by atoms with van der Waals surface area (Å²) in [5.41, 5.74) is 5.60. The standard InChI is InChI=1S/C13H17ClN2O2/c1-9(2)7-12(17)15-16-13(18)8-10-3-5-11(14)6-4-10/h3-6,9H,7-8H2,1-2H3,(H,15,17)(H,16,18). The lowest BCUT2D eigenvalue weighted by molar-refractivity contribution is -0.129. The van der Waals surface area contributed by atoms with Crippen LogP contribution in [0.1, 0.15) is 25.8 Å². The SMILES string of the molecule is CC(C)CC(=O)NNC(=O)Cc1ccc(Cl)cc1. The van der Waals surface area contributed by atoms with Gasteiger partial charge >= 0.3 is 0 Å². The summed E-state index contributed by atoms with van der Waals surface area (Å²) in [5.74, 6) is -0.179. The molecule has 18 heavy (non-hydrogen) atoms. The molecule has 2 N–H and O–H groups in total. The first-order valence-electron chi connectivity index (χ1n) is 5.79. The Morgan fingerprint density at radius 1 is 1.11 bits per heavy atom. The molecule has 0 bridgehead atoms. The molecule has 0 aliphatic rings. The molecule has 0 radical (unpaired) electrons. The maximum Gasteiger partial charge on any atom is 0.242 e. The van der Waals surface area contributed by atoms with Crippen LogP contribution in [0.4, 0.5) is 0 Å². The number of carbonyl (C=O) groups is 2. The summed E-state index contributed by atoms with van der Waals surface area (Å²) in [4.78, 5) is 22.8. The molecule has 0 spiro atoms. The quantitative estimate of drug-likeness (QED) is 0.822. The fourth-order valence-corrected chi connectivity index (χ4v) is 1.52. The van der Waals surface area contributed by atoms with Crippen LogP contribution in [0, 0.1) is 5.92 Å². The van der Waals surface area contributed by atoms with Gasteiger partial charge in [0, 0.05) is 11.4 Å². The molecule has 0 aliphatic heterocycles. The molecule has 1 rings (SSSR count). The first kappa shape index (κ1) is 14.5. The van der Waals surface area contributed by atoms with Crippen molar-refractivity contribution in [3.63, 3.8) is 0 Å². The zero-order valence-corrected chi connectivity index (χ0v) is 11.3. The molecule has 0 unspecified atom stereocenters. The molecule has 1 aromatic carbocycles. The molecule has 2 amide bonds. The Morgan fingerprint density at radius 3 is 2.22 bits per heavy atom. The molecule has 0 saturated carbocycles. The highest BCUT2D eigenvalue weighted by atomic mass is 35.5. The summed E-state index contributed by atoms with van der Waals surface area (Å²) >= 11 is 5.74. The number of rotatable bonds is 4. The zero-order valence-electron chi connectivity index (χ0n) is 10.5. The van der Waals surface area contributed by atoms with Crippen molar-refractivity contribution in [2.24, 2.45) is 5.92 Å². The fraction of sp³-hybridized carbons (Fsp3) is 0.385. The van der Waals surface area contributed by atoms with Crippen molar-refractivity contribution in [2.75, 3.05) is 0 Å². The number of hydrazine groups is 1. The topological polar surface area (TPSA) is 58.2 Å². The van der Waals surface area contributed by atoms with Crippen LogP contribution in [0.3, 0.4) is 0 Å². The van der Waals surface area contributed by atoms with Gasteiger partial charge in [0.05, 0.1) is 6.42 Å². The molecule has 0 aromatic heterocycles. The maximum absolute atomic E-state index is 11.5. The van der Waals surface area contributed by atoms with E-state index < -0.39 is 0 Å². The smallest absolute Gasteiger partial charge is 0.242 e. The zero-order chi connectivity index (χ0) is 13.5. The van der Waals surface area contributed by atoms with Crippen LogP contribution < -0.4 is 10.9 Å². The molecule has 1 aromatic rings. The summed E-state index contributed by atoms with van der Waals surface area (Å²) in [6, 6.07) is 7.00. The fourth-order valence-electron chi connectivity index (χ4n) is 1.39. The van der Waals surface area contributed by atoms with Crippen molar-refractivity contribution in [3.8, 4) is 0 Å². The average molecular weight is 269 g/mol. The van der Waals surface area contributed by atoms with Crippen LogP contribution in [-0.4, -0.2) is 11.8 Å². The number of benzene rings is 1. The van der Waals surface area contributed by atoms with E-state index in [1.165, 1.54) is 0 Å². The van der Waals surface area contributed by atoms with Crippen LogP contribution in [-0.2, 0) is 16.0 Å². The van der Waals surface area contributed by atoms with Gasteiger partial charge in [0.1, 0.15) is 0 Å². The van der Waals surface area contributed by atoms with Crippen molar-refractivity contribution >= 4 is 23.4 Å². The van der Waals surface area contributed by atoms with E-state index in [2.05, 4.69) is 10.9 Å². The largest absolute Gasteiger partial charge is 0.273 e. The predicted molar refractivity (Wildman–Crippen MR) is 70.9 cm³/mol. The maximum atomic E-state index is 11.5. The van der Waals surface area contributed by atoms with E-state index >= 15 is 0 Å². The van der Waals surface area contributed by atoms with Gasteiger partial charge in [0.15, 0.2) is 0 Å². The minimum Gasteiger partial charge on any atom is -0.273 e. The highest BCUT2D eigenvalue weighted by Crippen LogP contribution is 2.09. The van der Waals surface area contributed by atoms with Crippen LogP contribution in [0.5, 0.6) is 0 Å². The van der Waals surface area contributed by atoms with Gasteiger partial charge in [0.25, 0.3) is 0 Å². The predicted octanol–water partition coefficient (Wildman–Crippen LogP) is 2.08. The van der Waals surface area contributed by atoms with Gasteiger partial charge in [-0.15, -0.1) is 0 Å². The number of carbonyl (C=O) groups excluding carboxylic acids is 2. The Balaban J connectivity index is 2.34. The van der Waals surface area contributed by atoms with Crippen molar-refractivity contribution in [2.45, 2.75) is 26.7 Å². The number of nitrogens with one attached hydrogen (secondary N) is 2. The first-order chi connectivity index (χ1) is 8.47. The molecular weight excluding hydrogens is 252 g/mol. The highest BCUT2D eigenvalue weighted by molar-refractivity contribution is 6.30. The van der Waals surface area contributed by atoms with Crippen LogP contribution >= 0.6 is 11.6 Å². The second-order valence-electron chi connectivity index (χ2n) is 4.50. The van der Waals surface area contributed by atoms with E-state index in [0.717, 1.165) is 5.56 Å². The molecule has 0 saturated heterocycles. The molecular formula is C13H17ClN2O2. The molecule has 0 fully saturated rings. The summed E-state index contributed by atoms with van der Waals surface area (Å²) in [6.45, 7) is 3.88. The van der Waals surface area contributed by atoms with Gasteiger partial charge in [-0.25, -0.2) is 0 Å². The second kappa shape index (κ2) is 7.01. The van der Waals surface area contributed by atoms with Crippen molar-refractivity contribution in [1.29, 1.82) is 0 Å². The molecule has 4 nitrogen and oxygen atoms in total. The second-order valence-corrected chi connectivity index (χ2v) is 4.93. The van der Waals surface area contributed by atoms with Gasteiger partial charge in [0.2, 0.25) is 11.8 Å². The number of halogens is 1. The van der Waals surface area contributed by atoms with Gasteiger partial charge in [-0.05, 0) is 23.6 Å². The molecule has 98 valence electrons. The number of hydrogen-bond acceptors (Lipinski definition) is 2. The summed E-state index contributed by atoms with van der Waals surface area (Å²) in [5, 5.41) is 0.629. The Morgan fingerprint density at radius 2 is 1.67 bits per heavy atom. The average Bonchev–Trinajstić information content (AvgIpc) is 2.29. The van der Waals surface area contributed by atoms with E-state index in [4.69, 9.17) is 11.6 Å². The van der Waals surface area contributed by atoms with E-state index in [1.54, 1.807) is 24.3 Å². The highest BCUT2D eigenvalue weighted by Gasteiger charge is 2.07. The van der Waals surface area contributed by atoms with Gasteiger partial charge < -0.3 is 0 Å². The summed E-state index contributed by atoms with van der Waals surface area (Å²) in [7, 11) is 0. The third-order valence-electron chi connectivity index (χ3n) is 2.21. The lowest BCUT2D eigenvalue weighted by Gasteiger charge is -2.08. The third-order valence-corrected chi connectivity index (χ3v) is 2.46. The van der Waals surface area contributed by atoms with Crippen molar-refractivity contribution in [3.05, 3.63) is 34.9 Å². The Labute approximate surface area is 112 Å². The Bertz CT molecular complexity index is 416. The molecule has 0 heterocycles. The minimum atomic E-state index is -0.255. The van der Waals surface area contributed by atoms with Crippen LogP contribution in [0.25, 0.3) is 0 Å². The van der Waals surface area contributed by atoms with E-state index in [1.807, 2.05) is 13.8 Å². The van der Waals surface area contributed by atoms with Gasteiger partial charge in [-0.1, -0.05) is 37.6 Å².